The monoisotopic (exact) mass is 335 g/mol. The molecule has 1 heterocycles. The lowest BCUT2D eigenvalue weighted by Crippen LogP contribution is -2.15. The number of aromatic nitrogens is 1. The molecule has 3 rings (SSSR count). The lowest BCUT2D eigenvalue weighted by molar-refractivity contribution is 0.101. The van der Waals surface area contributed by atoms with E-state index in [1.165, 1.54) is 11.5 Å². The third-order valence-corrected chi connectivity index (χ3v) is 4.16. The van der Waals surface area contributed by atoms with Gasteiger partial charge in [-0.3, -0.25) is 9.36 Å². The van der Waals surface area contributed by atoms with Crippen molar-refractivity contribution in [3.63, 3.8) is 0 Å². The van der Waals surface area contributed by atoms with Crippen LogP contribution in [0.1, 0.15) is 22.8 Å². The summed E-state index contributed by atoms with van der Waals surface area (Å²) in [6.45, 7) is 1.66. The number of nitrogens with zero attached hydrogens (tertiary/aromatic N) is 1. The Morgan fingerprint density at radius 2 is 1.86 bits per heavy atom. The van der Waals surface area contributed by atoms with E-state index in [2.05, 4.69) is 0 Å². The first-order chi connectivity index (χ1) is 10.5. The predicted molar refractivity (Wildman–Crippen MR) is 86.0 cm³/mol. The third kappa shape index (κ3) is 2.56. The Balaban J connectivity index is 2.14. The first kappa shape index (κ1) is 14.9. The molecule has 0 fully saturated rings. The summed E-state index contributed by atoms with van der Waals surface area (Å²) in [5.74, 6) is -0.613. The summed E-state index contributed by atoms with van der Waals surface area (Å²) in [7, 11) is 0. The number of Topliss-reactive ketones (excluding diaryl/α,β-unsaturated/α-hetero) is 1. The van der Waals surface area contributed by atoms with E-state index >= 15 is 0 Å². The SMILES string of the molecule is CC(=O)c1ccc2c(c1)oc(=O)n2Cc1c(Cl)cccc1Cl. The van der Waals surface area contributed by atoms with Crippen LogP contribution in [0, 0.1) is 0 Å². The van der Waals surface area contributed by atoms with Gasteiger partial charge in [-0.15, -0.1) is 0 Å². The Morgan fingerprint density at radius 1 is 1.18 bits per heavy atom. The second kappa shape index (κ2) is 5.63. The van der Waals surface area contributed by atoms with Gasteiger partial charge in [0.2, 0.25) is 0 Å². The normalized spacial score (nSPS) is 11.0. The van der Waals surface area contributed by atoms with Crippen LogP contribution in [0.2, 0.25) is 10.0 Å². The summed E-state index contributed by atoms with van der Waals surface area (Å²) >= 11 is 12.3. The summed E-state index contributed by atoms with van der Waals surface area (Å²) in [6.07, 6.45) is 0. The van der Waals surface area contributed by atoms with Gasteiger partial charge in [0.15, 0.2) is 11.4 Å². The number of ketones is 1. The van der Waals surface area contributed by atoms with Gasteiger partial charge in [0.1, 0.15) is 0 Å². The maximum absolute atomic E-state index is 12.1. The molecule has 0 unspecified atom stereocenters. The average molecular weight is 336 g/mol. The molecule has 0 aliphatic rings. The molecule has 3 aromatic rings. The fourth-order valence-corrected chi connectivity index (χ4v) is 2.79. The molecule has 0 aliphatic heterocycles. The van der Waals surface area contributed by atoms with Gasteiger partial charge in [-0.05, 0) is 37.3 Å². The van der Waals surface area contributed by atoms with Crippen LogP contribution >= 0.6 is 23.2 Å². The number of rotatable bonds is 3. The number of benzene rings is 2. The van der Waals surface area contributed by atoms with Crippen molar-refractivity contribution in [1.82, 2.24) is 4.57 Å². The molecule has 0 N–H and O–H groups in total. The Bertz CT molecular complexity index is 920. The number of carbonyl (C=O) groups excluding carboxylic acids is 1. The van der Waals surface area contributed by atoms with Gasteiger partial charge in [0.25, 0.3) is 0 Å². The van der Waals surface area contributed by atoms with Crippen LogP contribution in [0.3, 0.4) is 0 Å². The summed E-state index contributed by atoms with van der Waals surface area (Å²) in [6, 6.07) is 10.1. The largest absolute Gasteiger partial charge is 0.420 e. The number of halogens is 2. The molecule has 0 saturated heterocycles. The first-order valence-electron chi connectivity index (χ1n) is 6.54. The van der Waals surface area contributed by atoms with Crippen molar-refractivity contribution in [1.29, 1.82) is 0 Å². The van der Waals surface area contributed by atoms with Crippen molar-refractivity contribution in [3.05, 3.63) is 68.1 Å². The third-order valence-electron chi connectivity index (χ3n) is 3.45. The summed E-state index contributed by atoms with van der Waals surface area (Å²) in [4.78, 5) is 23.5. The highest BCUT2D eigenvalue weighted by Gasteiger charge is 2.14. The zero-order valence-electron chi connectivity index (χ0n) is 11.6. The van der Waals surface area contributed by atoms with Crippen LogP contribution < -0.4 is 5.76 Å². The number of fused-ring (bicyclic) bond motifs is 1. The van der Waals surface area contributed by atoms with E-state index in [1.54, 1.807) is 36.4 Å². The van der Waals surface area contributed by atoms with Crippen LogP contribution in [-0.2, 0) is 6.54 Å². The molecule has 1 aromatic heterocycles. The highest BCUT2D eigenvalue weighted by atomic mass is 35.5. The number of hydrogen-bond acceptors (Lipinski definition) is 3. The van der Waals surface area contributed by atoms with Crippen LogP contribution in [0.4, 0.5) is 0 Å². The lowest BCUT2D eigenvalue weighted by atomic mass is 10.1. The molecule has 0 radical (unpaired) electrons. The Kier molecular flexibility index (Phi) is 3.81. The van der Waals surface area contributed by atoms with Crippen LogP contribution in [0.15, 0.2) is 45.6 Å². The minimum Gasteiger partial charge on any atom is -0.408 e. The Hall–Kier alpha value is -2.04. The van der Waals surface area contributed by atoms with E-state index in [4.69, 9.17) is 27.6 Å². The lowest BCUT2D eigenvalue weighted by Gasteiger charge is -2.07. The molecule has 0 saturated carbocycles. The summed E-state index contributed by atoms with van der Waals surface area (Å²) in [5, 5.41) is 0.961. The van der Waals surface area contributed by atoms with Crippen molar-refractivity contribution < 1.29 is 9.21 Å². The highest BCUT2D eigenvalue weighted by Crippen LogP contribution is 2.26. The van der Waals surface area contributed by atoms with Crippen LogP contribution in [0.5, 0.6) is 0 Å². The average Bonchev–Trinajstić information content (AvgIpc) is 2.77. The van der Waals surface area contributed by atoms with Crippen LogP contribution in [0.25, 0.3) is 11.1 Å². The Labute approximate surface area is 135 Å². The number of carbonyl (C=O) groups is 1. The fraction of sp³-hybridized carbons (Fsp3) is 0.125. The topological polar surface area (TPSA) is 52.2 Å². The number of oxazole rings is 1. The molecule has 0 atom stereocenters. The van der Waals surface area contributed by atoms with E-state index in [0.29, 0.717) is 32.3 Å². The zero-order chi connectivity index (χ0) is 15.9. The quantitative estimate of drug-likeness (QED) is 0.675. The van der Waals surface area contributed by atoms with E-state index in [0.717, 1.165) is 0 Å². The van der Waals surface area contributed by atoms with E-state index in [-0.39, 0.29) is 12.3 Å². The van der Waals surface area contributed by atoms with Gasteiger partial charge in [-0.1, -0.05) is 29.3 Å². The second-order valence-electron chi connectivity index (χ2n) is 4.89. The maximum Gasteiger partial charge on any atom is 0.420 e. The minimum absolute atomic E-state index is 0.0913. The smallest absolute Gasteiger partial charge is 0.408 e. The maximum atomic E-state index is 12.1. The fourth-order valence-electron chi connectivity index (χ4n) is 2.28. The molecular weight excluding hydrogens is 325 g/mol. The van der Waals surface area contributed by atoms with Crippen molar-refractivity contribution in [2.24, 2.45) is 0 Å². The number of hydrogen-bond donors (Lipinski definition) is 0. The summed E-state index contributed by atoms with van der Waals surface area (Å²) < 4.78 is 6.65. The highest BCUT2D eigenvalue weighted by molar-refractivity contribution is 6.36. The van der Waals surface area contributed by atoms with Crippen molar-refractivity contribution >= 4 is 40.1 Å². The molecule has 0 bridgehead atoms. The summed E-state index contributed by atoms with van der Waals surface area (Å²) in [5.41, 5.74) is 2.09. The van der Waals surface area contributed by atoms with Gasteiger partial charge in [0, 0.05) is 21.2 Å². The van der Waals surface area contributed by atoms with Gasteiger partial charge < -0.3 is 4.42 Å². The molecule has 0 aliphatic carbocycles. The van der Waals surface area contributed by atoms with E-state index in [9.17, 15) is 9.59 Å². The minimum atomic E-state index is -0.522. The molecular formula is C16H11Cl2NO3. The molecule has 2 aromatic carbocycles. The molecule has 6 heteroatoms. The molecule has 112 valence electrons. The van der Waals surface area contributed by atoms with Gasteiger partial charge in [0.05, 0.1) is 12.1 Å². The zero-order valence-corrected chi connectivity index (χ0v) is 13.1. The van der Waals surface area contributed by atoms with Crippen molar-refractivity contribution in [2.45, 2.75) is 13.5 Å². The van der Waals surface area contributed by atoms with Gasteiger partial charge in [-0.2, -0.15) is 0 Å². The Morgan fingerprint density at radius 3 is 2.50 bits per heavy atom. The molecule has 22 heavy (non-hydrogen) atoms. The van der Waals surface area contributed by atoms with E-state index < -0.39 is 5.76 Å². The van der Waals surface area contributed by atoms with Gasteiger partial charge in [-0.25, -0.2) is 4.79 Å². The molecule has 0 amide bonds. The molecule has 4 nitrogen and oxygen atoms in total. The van der Waals surface area contributed by atoms with Crippen LogP contribution in [-0.4, -0.2) is 10.4 Å². The van der Waals surface area contributed by atoms with Crippen molar-refractivity contribution in [2.75, 3.05) is 0 Å². The first-order valence-corrected chi connectivity index (χ1v) is 7.30. The van der Waals surface area contributed by atoms with Gasteiger partial charge >= 0.3 is 5.76 Å². The van der Waals surface area contributed by atoms with E-state index in [1.807, 2.05) is 0 Å². The second-order valence-corrected chi connectivity index (χ2v) is 5.71. The predicted octanol–water partition coefficient (Wildman–Crippen LogP) is 4.15. The van der Waals surface area contributed by atoms with Crippen molar-refractivity contribution in [3.8, 4) is 0 Å². The molecule has 0 spiro atoms. The standard InChI is InChI=1S/C16H11Cl2NO3/c1-9(20)10-5-6-14-15(7-10)22-16(21)19(14)8-11-12(17)3-2-4-13(11)18/h2-7H,8H2,1H3.